The number of hydrogen-bond acceptors (Lipinski definition) is 6. The van der Waals surface area contributed by atoms with Crippen LogP contribution >= 0.6 is 0 Å². The van der Waals surface area contributed by atoms with Crippen molar-refractivity contribution < 1.29 is 32.6 Å². The highest BCUT2D eigenvalue weighted by Crippen LogP contribution is 2.33. The highest BCUT2D eigenvalue weighted by atomic mass is 19.4. The monoisotopic (exact) mass is 564 g/mol. The lowest BCUT2D eigenvalue weighted by molar-refractivity contribution is -0.385. The second-order valence-corrected chi connectivity index (χ2v) is 8.63. The van der Waals surface area contributed by atoms with Crippen molar-refractivity contribution in [1.82, 2.24) is 0 Å². The molecule has 0 aliphatic rings. The van der Waals surface area contributed by atoms with Crippen LogP contribution in [0.4, 0.5) is 35.9 Å². The summed E-state index contributed by atoms with van der Waals surface area (Å²) in [5.74, 6) is -1.62. The van der Waals surface area contributed by atoms with Gasteiger partial charge in [-0.2, -0.15) is 13.2 Å². The van der Waals surface area contributed by atoms with Gasteiger partial charge in [0.25, 0.3) is 23.2 Å². The number of carbonyl (C=O) groups is 2. The number of halogens is 3. The lowest BCUT2D eigenvalue weighted by atomic mass is 10.0. The summed E-state index contributed by atoms with van der Waals surface area (Å²) in [5.41, 5.74) is -1.11. The zero-order chi connectivity index (χ0) is 29.7. The van der Waals surface area contributed by atoms with Crippen molar-refractivity contribution in [2.75, 3.05) is 10.2 Å². The number of non-ortho nitro benzene ring substituents is 2. The van der Waals surface area contributed by atoms with E-state index in [1.807, 2.05) is 0 Å². The molecule has 10 nitrogen and oxygen atoms in total. The number of alkyl halides is 3. The van der Waals surface area contributed by atoms with Crippen molar-refractivity contribution in [3.8, 4) is 0 Å². The molecule has 208 valence electrons. The summed E-state index contributed by atoms with van der Waals surface area (Å²) in [6.07, 6.45) is -4.63. The lowest BCUT2D eigenvalue weighted by Gasteiger charge is -2.31. The number of rotatable bonds is 8. The van der Waals surface area contributed by atoms with E-state index in [1.54, 1.807) is 18.2 Å². The summed E-state index contributed by atoms with van der Waals surface area (Å²) in [6, 6.07) is 19.6. The molecule has 0 spiro atoms. The molecule has 1 atom stereocenters. The molecule has 0 aliphatic carbocycles. The quantitative estimate of drug-likeness (QED) is 0.190. The molecule has 13 heteroatoms. The zero-order valence-corrected chi connectivity index (χ0v) is 20.8. The molecule has 41 heavy (non-hydrogen) atoms. The van der Waals surface area contributed by atoms with E-state index in [0.717, 1.165) is 41.3 Å². The van der Waals surface area contributed by atoms with Crippen molar-refractivity contribution in [3.05, 3.63) is 140 Å². The maximum absolute atomic E-state index is 13.9. The SMILES string of the molecule is O=C(Nc1ccc([N+](=O)[O-])cc1)C(c1ccc([N+](=O)[O-])cc1)N(C(=O)c1ccc(C(F)(F)F)cc1)c1ccccc1. The second kappa shape index (κ2) is 11.7. The van der Waals surface area contributed by atoms with E-state index in [-0.39, 0.29) is 33.9 Å². The largest absolute Gasteiger partial charge is 0.416 e. The van der Waals surface area contributed by atoms with Gasteiger partial charge in [0.05, 0.1) is 15.4 Å². The Kier molecular flexibility index (Phi) is 8.08. The summed E-state index contributed by atoms with van der Waals surface area (Å²) >= 11 is 0. The van der Waals surface area contributed by atoms with E-state index >= 15 is 0 Å². The Labute approximate surface area is 229 Å². The van der Waals surface area contributed by atoms with E-state index < -0.39 is 39.4 Å². The average Bonchev–Trinajstić information content (AvgIpc) is 2.96. The summed E-state index contributed by atoms with van der Waals surface area (Å²) in [5, 5.41) is 24.8. The van der Waals surface area contributed by atoms with Gasteiger partial charge >= 0.3 is 6.18 Å². The van der Waals surface area contributed by atoms with Gasteiger partial charge in [-0.05, 0) is 66.2 Å². The van der Waals surface area contributed by atoms with Crippen LogP contribution in [0.15, 0.2) is 103 Å². The standard InChI is InChI=1S/C28H19F3N4O6/c29-28(30,31)20-10-6-19(7-11-20)27(37)33(22-4-2-1-3-5-22)25(18-8-14-23(15-9-18)34(38)39)26(36)32-21-12-16-24(17-13-21)35(40)41/h1-17,25H,(H,32,36). The third kappa shape index (κ3) is 6.53. The molecule has 2 amide bonds. The van der Waals surface area contributed by atoms with Crippen molar-refractivity contribution in [1.29, 1.82) is 0 Å². The first-order valence-corrected chi connectivity index (χ1v) is 11.8. The molecule has 0 fully saturated rings. The maximum Gasteiger partial charge on any atom is 0.416 e. The van der Waals surface area contributed by atoms with Gasteiger partial charge in [-0.15, -0.1) is 0 Å². The molecule has 0 aliphatic heterocycles. The van der Waals surface area contributed by atoms with E-state index in [0.29, 0.717) is 0 Å². The number of hydrogen-bond donors (Lipinski definition) is 1. The van der Waals surface area contributed by atoms with Crippen LogP contribution in [-0.2, 0) is 11.0 Å². The minimum atomic E-state index is -4.63. The molecule has 0 heterocycles. The molecular weight excluding hydrogens is 545 g/mol. The molecule has 0 bridgehead atoms. The molecule has 0 saturated carbocycles. The smallest absolute Gasteiger partial charge is 0.324 e. The molecule has 1 N–H and O–H groups in total. The number of para-hydroxylation sites is 1. The number of nitro benzene ring substituents is 2. The molecule has 1 unspecified atom stereocenters. The van der Waals surface area contributed by atoms with Crippen LogP contribution in [-0.4, -0.2) is 21.7 Å². The fourth-order valence-electron chi connectivity index (χ4n) is 3.99. The molecular formula is C28H19F3N4O6. The highest BCUT2D eigenvalue weighted by Gasteiger charge is 2.35. The molecule has 4 rings (SSSR count). The van der Waals surface area contributed by atoms with E-state index in [1.165, 1.54) is 48.5 Å². The number of nitrogens with zero attached hydrogens (tertiary/aromatic N) is 3. The van der Waals surface area contributed by atoms with Gasteiger partial charge in [-0.1, -0.05) is 18.2 Å². The van der Waals surface area contributed by atoms with Crippen LogP contribution in [0, 0.1) is 20.2 Å². The molecule has 0 radical (unpaired) electrons. The summed E-state index contributed by atoms with van der Waals surface area (Å²) in [4.78, 5) is 49.6. The van der Waals surface area contributed by atoms with Gasteiger partial charge in [0, 0.05) is 41.2 Å². The first kappa shape index (κ1) is 28.4. The van der Waals surface area contributed by atoms with Crippen LogP contribution in [0.2, 0.25) is 0 Å². The van der Waals surface area contributed by atoms with Crippen molar-refractivity contribution >= 4 is 34.6 Å². The Hall–Kier alpha value is -5.59. The van der Waals surface area contributed by atoms with E-state index in [9.17, 15) is 43.0 Å². The average molecular weight is 564 g/mol. The summed E-state index contributed by atoms with van der Waals surface area (Å²) < 4.78 is 39.4. The molecule has 0 saturated heterocycles. The topological polar surface area (TPSA) is 136 Å². The van der Waals surface area contributed by atoms with E-state index in [2.05, 4.69) is 5.32 Å². The highest BCUT2D eigenvalue weighted by molar-refractivity contribution is 6.12. The van der Waals surface area contributed by atoms with Crippen molar-refractivity contribution in [3.63, 3.8) is 0 Å². The van der Waals surface area contributed by atoms with Crippen LogP contribution < -0.4 is 10.2 Å². The lowest BCUT2D eigenvalue weighted by Crippen LogP contribution is -2.41. The number of nitrogens with one attached hydrogen (secondary N) is 1. The Morgan fingerprint density at radius 2 is 1.24 bits per heavy atom. The Morgan fingerprint density at radius 1 is 0.732 bits per heavy atom. The normalized spacial score (nSPS) is 11.8. The predicted molar refractivity (Wildman–Crippen MR) is 142 cm³/mol. The first-order chi connectivity index (χ1) is 19.5. The minimum Gasteiger partial charge on any atom is -0.324 e. The van der Waals surface area contributed by atoms with Gasteiger partial charge in [0.1, 0.15) is 6.04 Å². The van der Waals surface area contributed by atoms with E-state index in [4.69, 9.17) is 0 Å². The third-order valence-corrected chi connectivity index (χ3v) is 5.98. The van der Waals surface area contributed by atoms with Crippen LogP contribution in [0.3, 0.4) is 0 Å². The Morgan fingerprint density at radius 3 is 1.73 bits per heavy atom. The maximum atomic E-state index is 13.9. The summed E-state index contributed by atoms with van der Waals surface area (Å²) in [6.45, 7) is 0. The van der Waals surface area contributed by atoms with Crippen LogP contribution in [0.5, 0.6) is 0 Å². The van der Waals surface area contributed by atoms with Crippen molar-refractivity contribution in [2.45, 2.75) is 12.2 Å². The van der Waals surface area contributed by atoms with Crippen LogP contribution in [0.1, 0.15) is 27.5 Å². The van der Waals surface area contributed by atoms with Gasteiger partial charge in [-0.3, -0.25) is 34.7 Å². The predicted octanol–water partition coefficient (Wildman–Crippen LogP) is 6.55. The third-order valence-electron chi connectivity index (χ3n) is 5.98. The van der Waals surface area contributed by atoms with Gasteiger partial charge in [0.2, 0.25) is 0 Å². The molecule has 4 aromatic rings. The summed E-state index contributed by atoms with van der Waals surface area (Å²) in [7, 11) is 0. The number of nitro groups is 2. The number of amides is 2. The van der Waals surface area contributed by atoms with Gasteiger partial charge in [0.15, 0.2) is 0 Å². The zero-order valence-electron chi connectivity index (χ0n) is 20.8. The van der Waals surface area contributed by atoms with Crippen LogP contribution in [0.25, 0.3) is 0 Å². The van der Waals surface area contributed by atoms with Gasteiger partial charge < -0.3 is 5.32 Å². The number of carbonyl (C=O) groups excluding carboxylic acids is 2. The number of anilines is 2. The number of benzene rings is 4. The minimum absolute atomic E-state index is 0.152. The second-order valence-electron chi connectivity index (χ2n) is 8.63. The first-order valence-electron chi connectivity index (χ1n) is 11.8. The molecule has 4 aromatic carbocycles. The fraction of sp³-hybridized carbons (Fsp3) is 0.0714. The van der Waals surface area contributed by atoms with Gasteiger partial charge in [-0.25, -0.2) is 0 Å². The fourth-order valence-corrected chi connectivity index (χ4v) is 3.99. The Bertz CT molecular complexity index is 1580. The Balaban J connectivity index is 1.82. The van der Waals surface area contributed by atoms with Crippen molar-refractivity contribution in [2.24, 2.45) is 0 Å². The molecule has 0 aromatic heterocycles.